The Balaban J connectivity index is 1.74. The average molecular weight is 392 g/mol. The third-order valence-corrected chi connectivity index (χ3v) is 6.50. The fourth-order valence-corrected chi connectivity index (χ4v) is 4.78. The largest absolute Gasteiger partial charge is 0.392 e. The minimum Gasteiger partial charge on any atom is -0.392 e. The SMILES string of the molecule is CCCCCC[C@H](O)C=C[C@@H]1[C@H]2CC(CCCCC(=O)N(C)C)=C[C@H]2C[C@H]1O. The van der Waals surface area contributed by atoms with Gasteiger partial charge in [0, 0.05) is 26.4 Å². The normalized spacial score (nSPS) is 27.8. The van der Waals surface area contributed by atoms with Gasteiger partial charge in [0.1, 0.15) is 0 Å². The lowest BCUT2D eigenvalue weighted by Crippen LogP contribution is -2.21. The maximum absolute atomic E-state index is 11.7. The van der Waals surface area contributed by atoms with E-state index in [2.05, 4.69) is 19.1 Å². The summed E-state index contributed by atoms with van der Waals surface area (Å²) in [5, 5.41) is 20.7. The lowest BCUT2D eigenvalue weighted by molar-refractivity contribution is -0.128. The molecule has 2 N–H and O–H groups in total. The Bertz CT molecular complexity index is 540. The van der Waals surface area contributed by atoms with Gasteiger partial charge in [-0.2, -0.15) is 0 Å². The molecule has 1 amide bonds. The molecule has 1 saturated carbocycles. The second-order valence-electron chi connectivity index (χ2n) is 9.03. The molecular formula is C24H41NO3. The van der Waals surface area contributed by atoms with Crippen LogP contribution in [0.25, 0.3) is 0 Å². The van der Waals surface area contributed by atoms with E-state index in [0.29, 0.717) is 18.3 Å². The summed E-state index contributed by atoms with van der Waals surface area (Å²) in [6.07, 6.45) is 16.9. The van der Waals surface area contributed by atoms with E-state index in [-0.39, 0.29) is 24.0 Å². The molecule has 2 aliphatic carbocycles. The molecule has 4 nitrogen and oxygen atoms in total. The standard InChI is InChI=1S/C24H41NO3/c1-4-5-6-7-11-20(26)13-14-21-22-16-18(15-19(22)17-23(21)27)10-8-9-12-24(28)25(2)3/h13-15,19-23,26-27H,4-12,16-17H2,1-3H3/t19-,20-,21+,22-,23+/m0/s1. The van der Waals surface area contributed by atoms with Crippen molar-refractivity contribution in [2.45, 2.75) is 89.8 Å². The zero-order valence-corrected chi connectivity index (χ0v) is 18.1. The first-order chi connectivity index (χ1) is 13.4. The summed E-state index contributed by atoms with van der Waals surface area (Å²) < 4.78 is 0. The highest BCUT2D eigenvalue weighted by molar-refractivity contribution is 5.75. The summed E-state index contributed by atoms with van der Waals surface area (Å²) >= 11 is 0. The highest BCUT2D eigenvalue weighted by Gasteiger charge is 2.43. The number of aliphatic hydroxyl groups is 2. The number of aliphatic hydroxyl groups excluding tert-OH is 2. The minimum atomic E-state index is -0.383. The van der Waals surface area contributed by atoms with Crippen LogP contribution >= 0.6 is 0 Å². The Hall–Kier alpha value is -1.13. The second kappa shape index (κ2) is 11.8. The van der Waals surface area contributed by atoms with Crippen LogP contribution in [-0.2, 0) is 4.79 Å². The van der Waals surface area contributed by atoms with Gasteiger partial charge < -0.3 is 15.1 Å². The Morgan fingerprint density at radius 1 is 1.25 bits per heavy atom. The lowest BCUT2D eigenvalue weighted by Gasteiger charge is -2.19. The average Bonchev–Trinajstić information content (AvgIpc) is 3.16. The summed E-state index contributed by atoms with van der Waals surface area (Å²) in [7, 11) is 3.62. The van der Waals surface area contributed by atoms with Crippen molar-refractivity contribution in [1.29, 1.82) is 0 Å². The Morgan fingerprint density at radius 3 is 2.75 bits per heavy atom. The third-order valence-electron chi connectivity index (χ3n) is 6.50. The first kappa shape index (κ1) is 23.2. The van der Waals surface area contributed by atoms with Gasteiger partial charge in [-0.3, -0.25) is 4.79 Å². The van der Waals surface area contributed by atoms with Crippen molar-refractivity contribution >= 4 is 5.91 Å². The number of hydrogen-bond acceptors (Lipinski definition) is 3. The number of fused-ring (bicyclic) bond motifs is 1. The van der Waals surface area contributed by atoms with E-state index < -0.39 is 0 Å². The van der Waals surface area contributed by atoms with E-state index in [9.17, 15) is 15.0 Å². The summed E-state index contributed by atoms with van der Waals surface area (Å²) in [5.41, 5.74) is 1.50. The molecule has 160 valence electrons. The van der Waals surface area contributed by atoms with Crippen LogP contribution in [0.1, 0.15) is 77.6 Å². The Kier molecular flexibility index (Phi) is 9.73. The summed E-state index contributed by atoms with van der Waals surface area (Å²) in [4.78, 5) is 13.3. The predicted octanol–water partition coefficient (Wildman–Crippen LogP) is 4.47. The number of nitrogens with zero attached hydrogens (tertiary/aromatic N) is 1. The fourth-order valence-electron chi connectivity index (χ4n) is 4.78. The van der Waals surface area contributed by atoms with Crippen LogP contribution in [0, 0.1) is 17.8 Å². The molecular weight excluding hydrogens is 350 g/mol. The molecule has 1 fully saturated rings. The van der Waals surface area contributed by atoms with Gasteiger partial charge in [0.15, 0.2) is 0 Å². The van der Waals surface area contributed by atoms with Gasteiger partial charge in [0.05, 0.1) is 12.2 Å². The first-order valence-electron chi connectivity index (χ1n) is 11.4. The molecule has 0 heterocycles. The molecule has 28 heavy (non-hydrogen) atoms. The highest BCUT2D eigenvalue weighted by atomic mass is 16.3. The molecule has 0 aromatic rings. The molecule has 2 aliphatic rings. The number of rotatable bonds is 12. The van der Waals surface area contributed by atoms with E-state index in [1.165, 1.54) is 24.8 Å². The number of carbonyl (C=O) groups excluding carboxylic acids is 1. The summed E-state index contributed by atoms with van der Waals surface area (Å²) in [6.45, 7) is 2.20. The van der Waals surface area contributed by atoms with E-state index >= 15 is 0 Å². The molecule has 0 saturated heterocycles. The van der Waals surface area contributed by atoms with Crippen molar-refractivity contribution in [2.24, 2.45) is 17.8 Å². The Morgan fingerprint density at radius 2 is 2.04 bits per heavy atom. The molecule has 0 aromatic carbocycles. The van der Waals surface area contributed by atoms with Crippen molar-refractivity contribution in [3.63, 3.8) is 0 Å². The second-order valence-corrected chi connectivity index (χ2v) is 9.03. The predicted molar refractivity (Wildman–Crippen MR) is 115 cm³/mol. The van der Waals surface area contributed by atoms with Crippen LogP contribution < -0.4 is 0 Å². The van der Waals surface area contributed by atoms with Crippen LogP contribution in [0.15, 0.2) is 23.8 Å². The fraction of sp³-hybridized carbons (Fsp3) is 0.792. The highest BCUT2D eigenvalue weighted by Crippen LogP contribution is 2.48. The molecule has 0 spiro atoms. The number of allylic oxidation sites excluding steroid dienone is 2. The zero-order valence-electron chi connectivity index (χ0n) is 18.1. The first-order valence-corrected chi connectivity index (χ1v) is 11.4. The van der Waals surface area contributed by atoms with Crippen LogP contribution in [-0.4, -0.2) is 47.3 Å². The third kappa shape index (κ3) is 7.04. The van der Waals surface area contributed by atoms with Gasteiger partial charge in [0.2, 0.25) is 5.91 Å². The van der Waals surface area contributed by atoms with E-state index in [0.717, 1.165) is 44.9 Å². The van der Waals surface area contributed by atoms with E-state index in [4.69, 9.17) is 0 Å². The van der Waals surface area contributed by atoms with Crippen LogP contribution in [0.5, 0.6) is 0 Å². The minimum absolute atomic E-state index is 0.166. The molecule has 2 rings (SSSR count). The van der Waals surface area contributed by atoms with Crippen LogP contribution in [0.3, 0.4) is 0 Å². The van der Waals surface area contributed by atoms with E-state index in [1.807, 2.05) is 20.2 Å². The molecule has 0 aromatic heterocycles. The maximum Gasteiger partial charge on any atom is 0.222 e. The van der Waals surface area contributed by atoms with Crippen molar-refractivity contribution in [3.8, 4) is 0 Å². The van der Waals surface area contributed by atoms with Gasteiger partial charge in [-0.1, -0.05) is 56.4 Å². The molecule has 0 unspecified atom stereocenters. The number of carbonyl (C=O) groups is 1. The Labute approximate surface area is 171 Å². The number of unbranched alkanes of at least 4 members (excludes halogenated alkanes) is 4. The van der Waals surface area contributed by atoms with Gasteiger partial charge in [-0.25, -0.2) is 0 Å². The van der Waals surface area contributed by atoms with Gasteiger partial charge >= 0.3 is 0 Å². The number of amides is 1. The summed E-state index contributed by atoms with van der Waals surface area (Å²) in [6, 6.07) is 0. The van der Waals surface area contributed by atoms with Crippen molar-refractivity contribution < 1.29 is 15.0 Å². The van der Waals surface area contributed by atoms with Crippen molar-refractivity contribution in [3.05, 3.63) is 23.8 Å². The van der Waals surface area contributed by atoms with E-state index in [1.54, 1.807) is 4.90 Å². The molecule has 0 bridgehead atoms. The quantitative estimate of drug-likeness (QED) is 0.381. The van der Waals surface area contributed by atoms with Gasteiger partial charge in [0.25, 0.3) is 0 Å². The molecule has 5 atom stereocenters. The maximum atomic E-state index is 11.7. The van der Waals surface area contributed by atoms with Crippen molar-refractivity contribution in [1.82, 2.24) is 4.90 Å². The van der Waals surface area contributed by atoms with Crippen LogP contribution in [0.2, 0.25) is 0 Å². The van der Waals surface area contributed by atoms with Gasteiger partial charge in [-0.15, -0.1) is 0 Å². The van der Waals surface area contributed by atoms with Gasteiger partial charge in [-0.05, 0) is 50.4 Å². The molecule has 4 heteroatoms. The van der Waals surface area contributed by atoms with Crippen LogP contribution in [0.4, 0.5) is 0 Å². The number of hydrogen-bond donors (Lipinski definition) is 2. The van der Waals surface area contributed by atoms with Crippen molar-refractivity contribution in [2.75, 3.05) is 14.1 Å². The monoisotopic (exact) mass is 391 g/mol. The summed E-state index contributed by atoms with van der Waals surface area (Å²) in [5.74, 6) is 1.33. The molecule has 0 radical (unpaired) electrons. The zero-order chi connectivity index (χ0) is 20.5. The smallest absolute Gasteiger partial charge is 0.222 e. The molecule has 0 aliphatic heterocycles. The lowest BCUT2D eigenvalue weighted by atomic mass is 9.88. The topological polar surface area (TPSA) is 60.8 Å².